The Balaban J connectivity index is 0.000000364. The highest BCUT2D eigenvalue weighted by atomic mass is 16.2. The van der Waals surface area contributed by atoms with Crippen molar-refractivity contribution in [1.29, 1.82) is 0 Å². The predicted molar refractivity (Wildman–Crippen MR) is 55.8 cm³/mol. The van der Waals surface area contributed by atoms with Gasteiger partial charge in [-0.05, 0) is 12.1 Å². The molecule has 1 rings (SSSR count). The second-order valence-electron chi connectivity index (χ2n) is 2.31. The number of carbonyl (C=O) groups excluding carboxylic acids is 1. The maximum Gasteiger partial charge on any atom is 0.251 e. The van der Waals surface area contributed by atoms with Crippen LogP contribution in [0.15, 0.2) is 30.3 Å². The monoisotopic (exact) mass is 191 g/mol. The summed E-state index contributed by atoms with van der Waals surface area (Å²) in [6.45, 7) is -0.153. The molecule has 0 bridgehead atoms. The summed E-state index contributed by atoms with van der Waals surface area (Å²) >= 11 is 0. The molecule has 1 aromatic rings. The standard InChI is InChI=1S/C8H9NO.C3H4O/c1-9-8(10)7-5-3-2-4-6-7;1-2-3-4/h2-6H,1H3,(H,9,10);1,4H,3H2. The molecule has 0 radical (unpaired) electrons. The molecule has 3 nitrogen and oxygen atoms in total. The molecule has 0 atom stereocenters. The molecule has 0 saturated heterocycles. The van der Waals surface area contributed by atoms with Gasteiger partial charge < -0.3 is 10.4 Å². The van der Waals surface area contributed by atoms with Gasteiger partial charge in [0.1, 0.15) is 6.61 Å². The molecule has 1 aromatic carbocycles. The van der Waals surface area contributed by atoms with E-state index in [1.54, 1.807) is 19.2 Å². The summed E-state index contributed by atoms with van der Waals surface area (Å²) in [4.78, 5) is 10.9. The number of nitrogens with one attached hydrogen (secondary N) is 1. The van der Waals surface area contributed by atoms with Crippen LogP contribution in [0.25, 0.3) is 0 Å². The quantitative estimate of drug-likeness (QED) is 0.640. The zero-order valence-electron chi connectivity index (χ0n) is 8.03. The van der Waals surface area contributed by atoms with Crippen molar-refractivity contribution in [3.63, 3.8) is 0 Å². The van der Waals surface area contributed by atoms with E-state index in [0.717, 1.165) is 0 Å². The van der Waals surface area contributed by atoms with Crippen LogP contribution >= 0.6 is 0 Å². The largest absolute Gasteiger partial charge is 0.384 e. The van der Waals surface area contributed by atoms with Gasteiger partial charge in [-0.25, -0.2) is 0 Å². The molecule has 0 unspecified atom stereocenters. The maximum absolute atomic E-state index is 10.9. The van der Waals surface area contributed by atoms with Crippen LogP contribution in [-0.4, -0.2) is 24.7 Å². The van der Waals surface area contributed by atoms with Crippen LogP contribution < -0.4 is 5.32 Å². The van der Waals surface area contributed by atoms with Crippen LogP contribution in [-0.2, 0) is 0 Å². The molecule has 0 spiro atoms. The van der Waals surface area contributed by atoms with Gasteiger partial charge in [-0.1, -0.05) is 24.1 Å². The summed E-state index contributed by atoms with van der Waals surface area (Å²) in [6.07, 6.45) is 4.53. The van der Waals surface area contributed by atoms with Crippen molar-refractivity contribution in [2.24, 2.45) is 0 Å². The average molecular weight is 191 g/mol. The summed E-state index contributed by atoms with van der Waals surface area (Å²) in [5.41, 5.74) is 0.699. The molecule has 1 amide bonds. The van der Waals surface area contributed by atoms with Crippen LogP contribution in [0.4, 0.5) is 0 Å². The van der Waals surface area contributed by atoms with Gasteiger partial charge in [-0.15, -0.1) is 6.42 Å². The summed E-state index contributed by atoms with van der Waals surface area (Å²) in [6, 6.07) is 9.11. The average Bonchev–Trinajstić information content (AvgIpc) is 2.29. The lowest BCUT2D eigenvalue weighted by Crippen LogP contribution is -2.17. The van der Waals surface area contributed by atoms with E-state index in [2.05, 4.69) is 11.7 Å². The normalized spacial score (nSPS) is 7.79. The number of amides is 1. The molecule has 2 N–H and O–H groups in total. The Morgan fingerprint density at radius 3 is 2.36 bits per heavy atom. The van der Waals surface area contributed by atoms with Gasteiger partial charge in [-0.2, -0.15) is 0 Å². The van der Waals surface area contributed by atoms with Crippen LogP contribution in [0.2, 0.25) is 0 Å². The summed E-state index contributed by atoms with van der Waals surface area (Å²) in [5, 5.41) is 10.2. The summed E-state index contributed by atoms with van der Waals surface area (Å²) in [5.74, 6) is 1.95. The van der Waals surface area contributed by atoms with E-state index in [-0.39, 0.29) is 12.5 Å². The van der Waals surface area contributed by atoms with Gasteiger partial charge >= 0.3 is 0 Å². The van der Waals surface area contributed by atoms with Gasteiger partial charge in [0.05, 0.1) is 0 Å². The first-order valence-corrected chi connectivity index (χ1v) is 4.07. The zero-order valence-corrected chi connectivity index (χ0v) is 8.03. The Labute approximate surface area is 83.8 Å². The number of carbonyl (C=O) groups is 1. The second kappa shape index (κ2) is 7.84. The summed E-state index contributed by atoms with van der Waals surface area (Å²) in [7, 11) is 1.62. The first kappa shape index (κ1) is 12.2. The number of hydrogen-bond donors (Lipinski definition) is 2. The molecule has 0 aromatic heterocycles. The Bertz CT molecular complexity index is 301. The van der Waals surface area contributed by atoms with Crippen LogP contribution in [0.5, 0.6) is 0 Å². The second-order valence-corrected chi connectivity index (χ2v) is 2.31. The zero-order chi connectivity index (χ0) is 10.8. The number of hydrogen-bond acceptors (Lipinski definition) is 2. The number of terminal acetylenes is 1. The van der Waals surface area contributed by atoms with E-state index >= 15 is 0 Å². The van der Waals surface area contributed by atoms with Crippen molar-refractivity contribution in [2.75, 3.05) is 13.7 Å². The third-order valence-electron chi connectivity index (χ3n) is 1.35. The van der Waals surface area contributed by atoms with Crippen molar-refractivity contribution in [3.8, 4) is 12.3 Å². The maximum atomic E-state index is 10.9. The molecule has 0 aliphatic rings. The first-order chi connectivity index (χ1) is 6.76. The van der Waals surface area contributed by atoms with Crippen molar-refractivity contribution < 1.29 is 9.90 Å². The Kier molecular flexibility index (Phi) is 6.84. The number of aliphatic hydroxyl groups is 1. The Hall–Kier alpha value is -1.79. The van der Waals surface area contributed by atoms with Gasteiger partial charge in [-0.3, -0.25) is 4.79 Å². The lowest BCUT2D eigenvalue weighted by atomic mass is 10.2. The van der Waals surface area contributed by atoms with E-state index < -0.39 is 0 Å². The van der Waals surface area contributed by atoms with Gasteiger partial charge in [0.25, 0.3) is 5.91 Å². The number of benzene rings is 1. The lowest BCUT2D eigenvalue weighted by Gasteiger charge is -1.96. The smallest absolute Gasteiger partial charge is 0.251 e. The molecular formula is C11H13NO2. The Morgan fingerprint density at radius 1 is 1.50 bits per heavy atom. The number of rotatable bonds is 1. The van der Waals surface area contributed by atoms with E-state index in [4.69, 9.17) is 5.11 Å². The predicted octanol–water partition coefficient (Wildman–Crippen LogP) is 0.658. The Morgan fingerprint density at radius 2 is 2.00 bits per heavy atom. The van der Waals surface area contributed by atoms with Gasteiger partial charge in [0, 0.05) is 12.6 Å². The first-order valence-electron chi connectivity index (χ1n) is 4.07. The summed E-state index contributed by atoms with van der Waals surface area (Å²) < 4.78 is 0. The minimum absolute atomic E-state index is 0.0411. The van der Waals surface area contributed by atoms with Crippen molar-refractivity contribution in [3.05, 3.63) is 35.9 Å². The highest BCUT2D eigenvalue weighted by molar-refractivity contribution is 5.93. The van der Waals surface area contributed by atoms with E-state index in [0.29, 0.717) is 5.56 Å². The molecule has 0 aliphatic carbocycles. The molecular weight excluding hydrogens is 178 g/mol. The third kappa shape index (κ3) is 4.96. The van der Waals surface area contributed by atoms with Crippen LogP contribution in [0.1, 0.15) is 10.4 Å². The number of aliphatic hydroxyl groups excluding tert-OH is 1. The van der Waals surface area contributed by atoms with E-state index in [9.17, 15) is 4.79 Å². The molecule has 0 fully saturated rings. The minimum Gasteiger partial charge on any atom is -0.384 e. The SMILES string of the molecule is C#CCO.CNC(=O)c1ccccc1. The van der Waals surface area contributed by atoms with E-state index in [1.165, 1.54) is 0 Å². The van der Waals surface area contributed by atoms with Crippen LogP contribution in [0.3, 0.4) is 0 Å². The minimum atomic E-state index is -0.153. The highest BCUT2D eigenvalue weighted by Gasteiger charge is 1.97. The molecule has 0 heterocycles. The topological polar surface area (TPSA) is 49.3 Å². The molecule has 0 saturated carbocycles. The fraction of sp³-hybridized carbons (Fsp3) is 0.182. The molecule has 0 aliphatic heterocycles. The fourth-order valence-electron chi connectivity index (χ4n) is 0.734. The highest BCUT2D eigenvalue weighted by Crippen LogP contribution is 1.96. The van der Waals surface area contributed by atoms with Crippen molar-refractivity contribution in [2.45, 2.75) is 0 Å². The third-order valence-corrected chi connectivity index (χ3v) is 1.35. The molecule has 74 valence electrons. The van der Waals surface area contributed by atoms with Crippen LogP contribution in [0, 0.1) is 12.3 Å². The van der Waals surface area contributed by atoms with E-state index in [1.807, 2.05) is 24.1 Å². The van der Waals surface area contributed by atoms with Gasteiger partial charge in [0.15, 0.2) is 0 Å². The molecule has 3 heteroatoms. The molecule has 14 heavy (non-hydrogen) atoms. The fourth-order valence-corrected chi connectivity index (χ4v) is 0.734. The van der Waals surface area contributed by atoms with Crippen molar-refractivity contribution >= 4 is 5.91 Å². The lowest BCUT2D eigenvalue weighted by molar-refractivity contribution is 0.0963. The van der Waals surface area contributed by atoms with Gasteiger partial charge in [0.2, 0.25) is 0 Å². The van der Waals surface area contributed by atoms with Crippen molar-refractivity contribution in [1.82, 2.24) is 5.32 Å².